The van der Waals surface area contributed by atoms with Gasteiger partial charge in [-0.25, -0.2) is 0 Å². The average molecular weight is 391 g/mol. The highest BCUT2D eigenvalue weighted by Crippen LogP contribution is 2.27. The van der Waals surface area contributed by atoms with Gasteiger partial charge in [0.05, 0.1) is 20.4 Å². The van der Waals surface area contributed by atoms with Crippen LogP contribution < -0.4 is 19.7 Å². The van der Waals surface area contributed by atoms with Gasteiger partial charge in [0.2, 0.25) is 5.95 Å². The smallest absolute Gasteiger partial charge is 0.244 e. The molecule has 150 valence electrons. The molecule has 0 saturated carbocycles. The molecule has 2 heterocycles. The van der Waals surface area contributed by atoms with Gasteiger partial charge in [-0.15, -0.1) is 5.10 Å². The number of hydrogen-bond acceptors (Lipinski definition) is 7. The Bertz CT molecular complexity index is 979. The summed E-state index contributed by atoms with van der Waals surface area (Å²) < 4.78 is 10.6. The molecule has 3 aromatic rings. The zero-order chi connectivity index (χ0) is 20.1. The largest absolute Gasteiger partial charge is 0.493 e. The van der Waals surface area contributed by atoms with Crippen LogP contribution in [0.5, 0.6) is 11.5 Å². The summed E-state index contributed by atoms with van der Waals surface area (Å²) in [6.45, 7) is 2.48. The minimum Gasteiger partial charge on any atom is -0.493 e. The maximum atomic E-state index is 5.36. The Morgan fingerprint density at radius 1 is 1.03 bits per heavy atom. The van der Waals surface area contributed by atoms with Crippen LogP contribution in [0.3, 0.4) is 0 Å². The normalized spacial score (nSPS) is 13.0. The molecule has 29 heavy (non-hydrogen) atoms. The number of nitrogens with zero attached hydrogens (tertiary/aromatic N) is 4. The zero-order valence-electron chi connectivity index (χ0n) is 16.8. The highest BCUT2D eigenvalue weighted by molar-refractivity contribution is 5.45. The molecule has 0 saturated heterocycles. The van der Waals surface area contributed by atoms with Crippen molar-refractivity contribution >= 4 is 11.8 Å². The van der Waals surface area contributed by atoms with Crippen molar-refractivity contribution in [2.24, 2.45) is 0 Å². The van der Waals surface area contributed by atoms with E-state index in [-0.39, 0.29) is 0 Å². The summed E-state index contributed by atoms with van der Waals surface area (Å²) in [6, 6.07) is 14.5. The molecule has 0 fully saturated rings. The van der Waals surface area contributed by atoms with Crippen LogP contribution in [0.15, 0.2) is 48.7 Å². The van der Waals surface area contributed by atoms with Crippen LogP contribution in [0.2, 0.25) is 0 Å². The molecular formula is C22H25N5O2. The molecule has 2 aromatic carbocycles. The number of methoxy groups -OCH3 is 2. The van der Waals surface area contributed by atoms with Crippen molar-refractivity contribution in [3.05, 3.63) is 65.4 Å². The first-order chi connectivity index (χ1) is 14.3. The number of fused-ring (bicyclic) bond motifs is 1. The summed E-state index contributed by atoms with van der Waals surface area (Å²) in [6.07, 6.45) is 3.56. The molecular weight excluding hydrogens is 366 g/mol. The Hall–Kier alpha value is -3.35. The zero-order valence-corrected chi connectivity index (χ0v) is 16.8. The molecule has 0 amide bonds. The molecule has 4 rings (SSSR count). The first-order valence-electron chi connectivity index (χ1n) is 9.73. The monoisotopic (exact) mass is 391 g/mol. The van der Waals surface area contributed by atoms with Crippen LogP contribution in [0, 0.1) is 0 Å². The molecule has 0 radical (unpaired) electrons. The summed E-state index contributed by atoms with van der Waals surface area (Å²) in [7, 11) is 3.28. The Labute approximate surface area is 170 Å². The number of anilines is 2. The topological polar surface area (TPSA) is 72.4 Å². The Kier molecular flexibility index (Phi) is 5.74. The standard InChI is InChI=1S/C22H25N5O2/c1-28-19-8-7-16(13-20(19)29-2)9-11-23-22-25-21(14-24-26-22)27-12-10-17-5-3-4-6-18(17)15-27/h3-8,13-14H,9-12,15H2,1-2H3,(H,23,25,26). The van der Waals surface area contributed by atoms with E-state index in [4.69, 9.17) is 9.47 Å². The van der Waals surface area contributed by atoms with Crippen LogP contribution in [-0.4, -0.2) is 42.5 Å². The Morgan fingerprint density at radius 3 is 2.69 bits per heavy atom. The lowest BCUT2D eigenvalue weighted by atomic mass is 10.0. The summed E-state index contributed by atoms with van der Waals surface area (Å²) in [4.78, 5) is 6.90. The maximum absolute atomic E-state index is 5.36. The number of benzene rings is 2. The van der Waals surface area contributed by atoms with Gasteiger partial charge in [0.25, 0.3) is 0 Å². The van der Waals surface area contributed by atoms with E-state index in [1.54, 1.807) is 20.4 Å². The van der Waals surface area contributed by atoms with Gasteiger partial charge in [-0.2, -0.15) is 10.1 Å². The highest BCUT2D eigenvalue weighted by atomic mass is 16.5. The highest BCUT2D eigenvalue weighted by Gasteiger charge is 2.17. The quantitative estimate of drug-likeness (QED) is 0.663. The van der Waals surface area contributed by atoms with Crippen molar-refractivity contribution in [2.45, 2.75) is 19.4 Å². The van der Waals surface area contributed by atoms with Crippen molar-refractivity contribution in [2.75, 3.05) is 37.5 Å². The first kappa shape index (κ1) is 19.0. The van der Waals surface area contributed by atoms with Crippen molar-refractivity contribution in [3.63, 3.8) is 0 Å². The SMILES string of the molecule is COc1ccc(CCNc2nncc(N3CCc4ccccc4C3)n2)cc1OC. The summed E-state index contributed by atoms with van der Waals surface area (Å²) in [5.74, 6) is 2.85. The van der Waals surface area contributed by atoms with Crippen LogP contribution in [0.25, 0.3) is 0 Å². The minimum atomic E-state index is 0.543. The summed E-state index contributed by atoms with van der Waals surface area (Å²) >= 11 is 0. The van der Waals surface area contributed by atoms with Crippen molar-refractivity contribution in [3.8, 4) is 11.5 Å². The van der Waals surface area contributed by atoms with Gasteiger partial charge in [-0.05, 0) is 41.7 Å². The van der Waals surface area contributed by atoms with Gasteiger partial charge in [0, 0.05) is 19.6 Å². The molecule has 0 aliphatic carbocycles. The lowest BCUT2D eigenvalue weighted by Gasteiger charge is -2.29. The Balaban J connectivity index is 1.37. The Morgan fingerprint density at radius 2 is 1.86 bits per heavy atom. The lowest BCUT2D eigenvalue weighted by molar-refractivity contribution is 0.354. The van der Waals surface area contributed by atoms with Gasteiger partial charge in [0.1, 0.15) is 0 Å². The predicted molar refractivity (Wildman–Crippen MR) is 113 cm³/mol. The molecule has 1 aliphatic heterocycles. The van der Waals surface area contributed by atoms with E-state index in [2.05, 4.69) is 49.7 Å². The van der Waals surface area contributed by atoms with Gasteiger partial charge in [0.15, 0.2) is 17.3 Å². The summed E-state index contributed by atoms with van der Waals surface area (Å²) in [5.41, 5.74) is 3.91. The molecule has 0 spiro atoms. The van der Waals surface area contributed by atoms with Gasteiger partial charge in [-0.1, -0.05) is 30.3 Å². The third-order valence-corrected chi connectivity index (χ3v) is 5.15. The van der Waals surface area contributed by atoms with Crippen molar-refractivity contribution < 1.29 is 9.47 Å². The minimum absolute atomic E-state index is 0.543. The average Bonchev–Trinajstić information content (AvgIpc) is 2.79. The van der Waals surface area contributed by atoms with E-state index >= 15 is 0 Å². The molecule has 7 heteroatoms. The van der Waals surface area contributed by atoms with E-state index in [0.29, 0.717) is 12.5 Å². The fourth-order valence-electron chi connectivity index (χ4n) is 3.57. The molecule has 0 atom stereocenters. The number of rotatable bonds is 7. The van der Waals surface area contributed by atoms with E-state index in [0.717, 1.165) is 48.8 Å². The molecule has 7 nitrogen and oxygen atoms in total. The number of ether oxygens (including phenoxy) is 2. The third kappa shape index (κ3) is 4.39. The molecule has 1 N–H and O–H groups in total. The third-order valence-electron chi connectivity index (χ3n) is 5.15. The number of aromatic nitrogens is 3. The molecule has 1 aromatic heterocycles. The van der Waals surface area contributed by atoms with Crippen molar-refractivity contribution in [1.82, 2.24) is 15.2 Å². The van der Waals surface area contributed by atoms with E-state index in [1.165, 1.54) is 11.1 Å². The van der Waals surface area contributed by atoms with Crippen LogP contribution in [0.1, 0.15) is 16.7 Å². The van der Waals surface area contributed by atoms with E-state index in [9.17, 15) is 0 Å². The summed E-state index contributed by atoms with van der Waals surface area (Å²) in [5, 5.41) is 11.5. The van der Waals surface area contributed by atoms with E-state index < -0.39 is 0 Å². The second kappa shape index (κ2) is 8.77. The maximum Gasteiger partial charge on any atom is 0.244 e. The van der Waals surface area contributed by atoms with Crippen LogP contribution in [-0.2, 0) is 19.4 Å². The van der Waals surface area contributed by atoms with Gasteiger partial charge in [-0.3, -0.25) is 0 Å². The fraction of sp³-hybridized carbons (Fsp3) is 0.318. The first-order valence-corrected chi connectivity index (χ1v) is 9.73. The second-order valence-corrected chi connectivity index (χ2v) is 6.94. The predicted octanol–water partition coefficient (Wildman–Crippen LogP) is 3.11. The van der Waals surface area contributed by atoms with Crippen LogP contribution >= 0.6 is 0 Å². The fourth-order valence-corrected chi connectivity index (χ4v) is 3.57. The molecule has 0 unspecified atom stereocenters. The molecule has 0 bridgehead atoms. The van der Waals surface area contributed by atoms with Crippen molar-refractivity contribution in [1.29, 1.82) is 0 Å². The van der Waals surface area contributed by atoms with Gasteiger partial charge < -0.3 is 19.7 Å². The van der Waals surface area contributed by atoms with Crippen LogP contribution in [0.4, 0.5) is 11.8 Å². The second-order valence-electron chi connectivity index (χ2n) is 6.94. The number of nitrogens with one attached hydrogen (secondary N) is 1. The lowest BCUT2D eigenvalue weighted by Crippen LogP contribution is -2.31. The van der Waals surface area contributed by atoms with E-state index in [1.807, 2.05) is 18.2 Å². The number of hydrogen-bond donors (Lipinski definition) is 1. The van der Waals surface area contributed by atoms with Gasteiger partial charge >= 0.3 is 0 Å². The molecule has 1 aliphatic rings.